The predicted molar refractivity (Wildman–Crippen MR) is 111 cm³/mol. The lowest BCUT2D eigenvalue weighted by atomic mass is 9.91. The number of imide groups is 1. The summed E-state index contributed by atoms with van der Waals surface area (Å²) < 4.78 is 1.43. The average molecular weight is 435 g/mol. The van der Waals surface area contributed by atoms with Crippen LogP contribution >= 0.6 is 0 Å². The van der Waals surface area contributed by atoms with Crippen LogP contribution in [0.4, 0.5) is 4.79 Å². The summed E-state index contributed by atoms with van der Waals surface area (Å²) in [4.78, 5) is 54.5. The van der Waals surface area contributed by atoms with E-state index in [1.807, 2.05) is 0 Å². The van der Waals surface area contributed by atoms with E-state index < -0.39 is 29.8 Å². The third-order valence-electron chi connectivity index (χ3n) is 5.68. The van der Waals surface area contributed by atoms with Crippen LogP contribution in [0.15, 0.2) is 30.6 Å². The molecular formula is C21H21N7O4. The Morgan fingerprint density at radius 3 is 2.56 bits per heavy atom. The average Bonchev–Trinajstić information content (AvgIpc) is 3.43. The number of hydrogen-bond donors (Lipinski definition) is 2. The van der Waals surface area contributed by atoms with E-state index in [0.29, 0.717) is 28.1 Å². The van der Waals surface area contributed by atoms with Gasteiger partial charge in [0.25, 0.3) is 5.91 Å². The molecule has 1 fully saturated rings. The second-order valence-corrected chi connectivity index (χ2v) is 7.86. The molecule has 0 spiro atoms. The number of nitrogens with one attached hydrogen (secondary N) is 2. The van der Waals surface area contributed by atoms with Crippen molar-refractivity contribution in [2.45, 2.75) is 33.2 Å². The number of aromatic amines is 1. The van der Waals surface area contributed by atoms with E-state index in [4.69, 9.17) is 0 Å². The first kappa shape index (κ1) is 21.1. The van der Waals surface area contributed by atoms with Crippen molar-refractivity contribution < 1.29 is 19.2 Å². The van der Waals surface area contributed by atoms with Crippen LogP contribution in [-0.4, -0.2) is 60.1 Å². The van der Waals surface area contributed by atoms with Gasteiger partial charge in [0.2, 0.25) is 0 Å². The predicted octanol–water partition coefficient (Wildman–Crippen LogP) is 1.46. The van der Waals surface area contributed by atoms with Crippen molar-refractivity contribution in [1.29, 1.82) is 0 Å². The zero-order chi connectivity index (χ0) is 23.2. The zero-order valence-electron chi connectivity index (χ0n) is 18.0. The molecule has 2 aromatic heterocycles. The van der Waals surface area contributed by atoms with Gasteiger partial charge in [0.15, 0.2) is 11.6 Å². The number of hydrogen-bond acceptors (Lipinski definition) is 7. The molecule has 3 heterocycles. The summed E-state index contributed by atoms with van der Waals surface area (Å²) in [5, 5.41) is 13.7. The van der Waals surface area contributed by atoms with E-state index in [9.17, 15) is 19.2 Å². The van der Waals surface area contributed by atoms with Crippen molar-refractivity contribution in [2.75, 3.05) is 6.54 Å². The highest BCUT2D eigenvalue weighted by Crippen LogP contribution is 2.30. The molecule has 2 N–H and O–H groups in total. The standard InChI is InChI=1S/C21H21N7O4/c1-11-17(13(3)29)12(2)23-18(11)16(30)9-27-19(31)21(4,24-20(27)32)14-6-5-7-15(8-14)28-10-22-25-26-28/h5-8,10,23H,9H2,1-4H3,(H,24,32)/t21-/m0/s1. The lowest BCUT2D eigenvalue weighted by Gasteiger charge is -2.22. The number of rotatable bonds is 6. The van der Waals surface area contributed by atoms with E-state index >= 15 is 0 Å². The van der Waals surface area contributed by atoms with Crippen LogP contribution in [-0.2, 0) is 10.3 Å². The van der Waals surface area contributed by atoms with Crippen molar-refractivity contribution in [1.82, 2.24) is 35.4 Å². The molecule has 1 aliphatic heterocycles. The van der Waals surface area contributed by atoms with Crippen molar-refractivity contribution in [3.63, 3.8) is 0 Å². The van der Waals surface area contributed by atoms with Crippen LogP contribution in [0.2, 0.25) is 0 Å². The third kappa shape index (κ3) is 3.27. The maximum absolute atomic E-state index is 13.2. The summed E-state index contributed by atoms with van der Waals surface area (Å²) >= 11 is 0. The molecule has 0 aliphatic carbocycles. The molecule has 11 heteroatoms. The smallest absolute Gasteiger partial charge is 0.325 e. The first-order valence-corrected chi connectivity index (χ1v) is 9.84. The number of H-pyrrole nitrogens is 1. The maximum Gasteiger partial charge on any atom is 0.325 e. The molecule has 1 saturated heterocycles. The minimum Gasteiger partial charge on any atom is -0.355 e. The van der Waals surface area contributed by atoms with Crippen LogP contribution in [0.5, 0.6) is 0 Å². The van der Waals surface area contributed by atoms with Gasteiger partial charge in [-0.15, -0.1) is 5.10 Å². The first-order valence-electron chi connectivity index (χ1n) is 9.84. The van der Waals surface area contributed by atoms with Gasteiger partial charge in [0.05, 0.1) is 17.9 Å². The summed E-state index contributed by atoms with van der Waals surface area (Å²) in [5.41, 5.74) is 1.48. The quantitative estimate of drug-likeness (QED) is 0.441. The summed E-state index contributed by atoms with van der Waals surface area (Å²) in [7, 11) is 0. The molecule has 0 radical (unpaired) electrons. The summed E-state index contributed by atoms with van der Waals surface area (Å²) in [6.07, 6.45) is 1.41. The van der Waals surface area contributed by atoms with Gasteiger partial charge in [0, 0.05) is 11.3 Å². The molecule has 0 saturated carbocycles. The number of benzene rings is 1. The Kier molecular flexibility index (Phi) is 4.96. The van der Waals surface area contributed by atoms with Gasteiger partial charge in [-0.05, 0) is 61.4 Å². The second kappa shape index (κ2) is 7.52. The number of Topliss-reactive ketones (excluding diaryl/α,β-unsaturated/α-hetero) is 2. The largest absolute Gasteiger partial charge is 0.355 e. The number of urea groups is 1. The molecule has 0 unspecified atom stereocenters. The maximum atomic E-state index is 13.2. The van der Waals surface area contributed by atoms with Crippen molar-refractivity contribution in [2.24, 2.45) is 0 Å². The molecule has 11 nitrogen and oxygen atoms in total. The van der Waals surface area contributed by atoms with Crippen LogP contribution in [0.1, 0.15) is 51.5 Å². The molecule has 4 rings (SSSR count). The summed E-state index contributed by atoms with van der Waals surface area (Å²) in [6.45, 7) is 5.90. The molecule has 1 aliphatic rings. The Balaban J connectivity index is 1.61. The Bertz CT molecular complexity index is 1260. The number of amides is 3. The van der Waals surface area contributed by atoms with Crippen LogP contribution in [0.3, 0.4) is 0 Å². The van der Waals surface area contributed by atoms with E-state index in [2.05, 4.69) is 25.8 Å². The van der Waals surface area contributed by atoms with Crippen molar-refractivity contribution >= 4 is 23.5 Å². The lowest BCUT2D eigenvalue weighted by Crippen LogP contribution is -2.41. The molecule has 1 aromatic carbocycles. The molecule has 3 aromatic rings. The van der Waals surface area contributed by atoms with Gasteiger partial charge in [-0.25, -0.2) is 9.48 Å². The fourth-order valence-corrected chi connectivity index (χ4v) is 4.05. The van der Waals surface area contributed by atoms with Gasteiger partial charge in [-0.2, -0.15) is 0 Å². The van der Waals surface area contributed by atoms with E-state index in [-0.39, 0.29) is 11.5 Å². The van der Waals surface area contributed by atoms with Gasteiger partial charge >= 0.3 is 6.03 Å². The fourth-order valence-electron chi connectivity index (χ4n) is 4.05. The number of carbonyl (C=O) groups is 4. The van der Waals surface area contributed by atoms with Gasteiger partial charge in [-0.3, -0.25) is 19.3 Å². The van der Waals surface area contributed by atoms with E-state index in [0.717, 1.165) is 4.90 Å². The third-order valence-corrected chi connectivity index (χ3v) is 5.68. The number of tetrazole rings is 1. The minimum absolute atomic E-state index is 0.166. The SMILES string of the molecule is CC(=O)c1c(C)[nH]c(C(=O)CN2C(=O)N[C@@](C)(c3cccc(-n4cnnn4)c3)C2=O)c1C. The monoisotopic (exact) mass is 435 g/mol. The number of nitrogens with zero attached hydrogens (tertiary/aromatic N) is 5. The highest BCUT2D eigenvalue weighted by atomic mass is 16.2. The fraction of sp³-hybridized carbons (Fsp3) is 0.286. The van der Waals surface area contributed by atoms with E-state index in [1.54, 1.807) is 45.0 Å². The number of ketones is 2. The normalized spacial score (nSPS) is 18.2. The zero-order valence-corrected chi connectivity index (χ0v) is 18.0. The summed E-state index contributed by atoms with van der Waals surface area (Å²) in [6, 6.07) is 6.20. The number of aryl methyl sites for hydroxylation is 1. The van der Waals surface area contributed by atoms with Crippen LogP contribution < -0.4 is 5.32 Å². The van der Waals surface area contributed by atoms with Gasteiger partial charge < -0.3 is 10.3 Å². The van der Waals surface area contributed by atoms with Crippen molar-refractivity contribution in [3.05, 3.63) is 58.7 Å². The van der Waals surface area contributed by atoms with Gasteiger partial charge in [0.1, 0.15) is 11.9 Å². The Morgan fingerprint density at radius 1 is 1.19 bits per heavy atom. The Morgan fingerprint density at radius 2 is 1.94 bits per heavy atom. The molecule has 164 valence electrons. The molecule has 3 amide bonds. The Hall–Kier alpha value is -4.15. The molecule has 1 atom stereocenters. The molecule has 32 heavy (non-hydrogen) atoms. The summed E-state index contributed by atoms with van der Waals surface area (Å²) in [5.74, 6) is -1.19. The number of carbonyl (C=O) groups excluding carboxylic acids is 4. The van der Waals surface area contributed by atoms with E-state index in [1.165, 1.54) is 17.9 Å². The minimum atomic E-state index is -1.37. The topological polar surface area (TPSA) is 143 Å². The van der Waals surface area contributed by atoms with Crippen molar-refractivity contribution in [3.8, 4) is 5.69 Å². The molecule has 0 bridgehead atoms. The highest BCUT2D eigenvalue weighted by Gasteiger charge is 2.49. The lowest BCUT2D eigenvalue weighted by molar-refractivity contribution is -0.130. The van der Waals surface area contributed by atoms with Crippen LogP contribution in [0, 0.1) is 13.8 Å². The molecular weight excluding hydrogens is 414 g/mol. The number of aromatic nitrogens is 5. The highest BCUT2D eigenvalue weighted by molar-refractivity contribution is 6.12. The van der Waals surface area contributed by atoms with Crippen LogP contribution in [0.25, 0.3) is 5.69 Å². The van der Waals surface area contributed by atoms with Gasteiger partial charge in [-0.1, -0.05) is 12.1 Å². The first-order chi connectivity index (χ1) is 15.1. The Labute approximate surface area is 182 Å². The second-order valence-electron chi connectivity index (χ2n) is 7.86.